The van der Waals surface area contributed by atoms with Gasteiger partial charge >= 0.3 is 6.03 Å². The lowest BCUT2D eigenvalue weighted by Crippen LogP contribution is -2.35. The van der Waals surface area contributed by atoms with Gasteiger partial charge in [-0.05, 0) is 12.8 Å². The van der Waals surface area contributed by atoms with Crippen LogP contribution in [0.4, 0.5) is 10.5 Å². The van der Waals surface area contributed by atoms with Crippen molar-refractivity contribution in [3.8, 4) is 5.88 Å². The molecule has 7 nitrogen and oxygen atoms in total. The number of hydrogen-bond acceptors (Lipinski definition) is 4. The van der Waals surface area contributed by atoms with E-state index in [2.05, 4.69) is 20.9 Å². The van der Waals surface area contributed by atoms with Gasteiger partial charge in [0.05, 0.1) is 19.2 Å². The van der Waals surface area contributed by atoms with Crippen LogP contribution in [0.15, 0.2) is 4.79 Å². The highest BCUT2D eigenvalue weighted by Gasteiger charge is 2.19. The summed E-state index contributed by atoms with van der Waals surface area (Å²) in [5.74, 6) is 0.406. The van der Waals surface area contributed by atoms with Gasteiger partial charge in [0.2, 0.25) is 5.43 Å². The number of anilines is 1. The molecule has 0 unspecified atom stereocenters. The molecule has 1 aliphatic heterocycles. The van der Waals surface area contributed by atoms with Crippen LogP contribution in [-0.4, -0.2) is 31.7 Å². The Morgan fingerprint density at radius 2 is 2.26 bits per heavy atom. The van der Waals surface area contributed by atoms with Crippen LogP contribution in [0.2, 0.25) is 0 Å². The fraction of sp³-hybridized carbons (Fsp3) is 0.500. The van der Waals surface area contributed by atoms with Gasteiger partial charge in [-0.1, -0.05) is 0 Å². The monoisotopic (exact) mass is 266 g/mol. The number of ether oxygens (including phenoxy) is 1. The lowest BCUT2D eigenvalue weighted by Gasteiger charge is -2.20. The second-order valence-corrected chi connectivity index (χ2v) is 4.28. The average molecular weight is 266 g/mol. The van der Waals surface area contributed by atoms with Crippen molar-refractivity contribution in [2.75, 3.05) is 26.0 Å². The molecular weight excluding hydrogens is 248 g/mol. The lowest BCUT2D eigenvalue weighted by atomic mass is 10.1. The topological polar surface area (TPSA) is 95.2 Å². The standard InChI is InChI=1S/C12H18N4O3/c1-13-12(18)15-6-7-10(17)9-8(4-3-5-14-9)16-11(7)19-2/h14H,3-6H2,1-2H3,(H,16,17)(H2,13,15,18). The van der Waals surface area contributed by atoms with Gasteiger partial charge in [0.15, 0.2) is 5.88 Å². The molecular formula is C12H18N4O3. The molecule has 2 rings (SSSR count). The van der Waals surface area contributed by atoms with E-state index in [0.29, 0.717) is 17.1 Å². The molecule has 1 aromatic heterocycles. The summed E-state index contributed by atoms with van der Waals surface area (Å²) >= 11 is 0. The molecule has 7 heteroatoms. The maximum absolute atomic E-state index is 12.4. The fourth-order valence-corrected chi connectivity index (χ4v) is 2.11. The number of aryl methyl sites for hydroxylation is 1. The predicted molar refractivity (Wildman–Crippen MR) is 71.7 cm³/mol. The van der Waals surface area contributed by atoms with Crippen molar-refractivity contribution < 1.29 is 9.53 Å². The van der Waals surface area contributed by atoms with Crippen molar-refractivity contribution in [3.05, 3.63) is 21.5 Å². The number of hydrogen-bond donors (Lipinski definition) is 4. The molecule has 0 spiro atoms. The molecule has 19 heavy (non-hydrogen) atoms. The number of urea groups is 1. The van der Waals surface area contributed by atoms with Gasteiger partial charge in [0.25, 0.3) is 0 Å². The van der Waals surface area contributed by atoms with Crippen LogP contribution in [0.3, 0.4) is 0 Å². The van der Waals surface area contributed by atoms with E-state index in [4.69, 9.17) is 4.74 Å². The molecule has 0 fully saturated rings. The molecule has 1 aromatic rings. The third-order valence-electron chi connectivity index (χ3n) is 3.10. The van der Waals surface area contributed by atoms with Crippen LogP contribution in [0.5, 0.6) is 5.88 Å². The summed E-state index contributed by atoms with van der Waals surface area (Å²) in [6, 6.07) is -0.341. The number of carbonyl (C=O) groups is 1. The van der Waals surface area contributed by atoms with Gasteiger partial charge < -0.3 is 25.7 Å². The van der Waals surface area contributed by atoms with Crippen LogP contribution < -0.4 is 26.1 Å². The number of nitrogens with one attached hydrogen (secondary N) is 4. The highest BCUT2D eigenvalue weighted by Crippen LogP contribution is 2.21. The van der Waals surface area contributed by atoms with Crippen molar-refractivity contribution in [2.45, 2.75) is 19.4 Å². The second-order valence-electron chi connectivity index (χ2n) is 4.28. The van der Waals surface area contributed by atoms with E-state index in [9.17, 15) is 9.59 Å². The van der Waals surface area contributed by atoms with Crippen molar-refractivity contribution >= 4 is 11.7 Å². The number of H-pyrrole nitrogens is 1. The Bertz CT molecular complexity index is 539. The highest BCUT2D eigenvalue weighted by atomic mass is 16.5. The van der Waals surface area contributed by atoms with Gasteiger partial charge in [-0.3, -0.25) is 4.79 Å². The van der Waals surface area contributed by atoms with Crippen molar-refractivity contribution in [1.29, 1.82) is 0 Å². The molecule has 0 aromatic carbocycles. The van der Waals surface area contributed by atoms with E-state index >= 15 is 0 Å². The van der Waals surface area contributed by atoms with Crippen LogP contribution in [0.25, 0.3) is 0 Å². The van der Waals surface area contributed by atoms with Crippen LogP contribution in [-0.2, 0) is 13.0 Å². The number of carbonyl (C=O) groups excluding carboxylic acids is 1. The number of fused-ring (bicyclic) bond motifs is 1. The minimum absolute atomic E-state index is 0.118. The van der Waals surface area contributed by atoms with E-state index in [1.54, 1.807) is 0 Å². The summed E-state index contributed by atoms with van der Waals surface area (Å²) < 4.78 is 5.20. The molecule has 0 radical (unpaired) electrons. The Morgan fingerprint density at radius 3 is 2.95 bits per heavy atom. The van der Waals surface area contributed by atoms with Crippen molar-refractivity contribution in [1.82, 2.24) is 15.6 Å². The third kappa shape index (κ3) is 2.64. The Labute approximate surface area is 110 Å². The minimum atomic E-state index is -0.341. The molecule has 2 heterocycles. The SMILES string of the molecule is CNC(=O)NCc1c(OC)[nH]c2c(c1=O)NCCC2. The van der Waals surface area contributed by atoms with E-state index in [0.717, 1.165) is 25.1 Å². The summed E-state index contributed by atoms with van der Waals surface area (Å²) in [5, 5.41) is 8.13. The fourth-order valence-electron chi connectivity index (χ4n) is 2.11. The Balaban J connectivity index is 2.35. The molecule has 4 N–H and O–H groups in total. The summed E-state index contributed by atoms with van der Waals surface area (Å²) in [7, 11) is 3.02. The Hall–Kier alpha value is -2.18. The van der Waals surface area contributed by atoms with E-state index in [1.807, 2.05) is 0 Å². The zero-order valence-electron chi connectivity index (χ0n) is 11.1. The Morgan fingerprint density at radius 1 is 1.47 bits per heavy atom. The smallest absolute Gasteiger partial charge is 0.314 e. The first-order valence-electron chi connectivity index (χ1n) is 6.18. The minimum Gasteiger partial charge on any atom is -0.482 e. The zero-order chi connectivity index (χ0) is 13.8. The van der Waals surface area contributed by atoms with Crippen LogP contribution >= 0.6 is 0 Å². The van der Waals surface area contributed by atoms with Crippen LogP contribution in [0, 0.1) is 0 Å². The highest BCUT2D eigenvalue weighted by molar-refractivity contribution is 5.73. The summed E-state index contributed by atoms with van der Waals surface area (Å²) in [5.41, 5.74) is 1.73. The zero-order valence-corrected chi connectivity index (χ0v) is 11.1. The summed E-state index contributed by atoms with van der Waals surface area (Å²) in [6.45, 7) is 0.901. The number of methoxy groups -OCH3 is 1. The van der Waals surface area contributed by atoms with E-state index in [-0.39, 0.29) is 18.0 Å². The second kappa shape index (κ2) is 5.64. The van der Waals surface area contributed by atoms with Crippen LogP contribution in [0.1, 0.15) is 17.7 Å². The largest absolute Gasteiger partial charge is 0.482 e. The average Bonchev–Trinajstić information content (AvgIpc) is 2.45. The molecule has 0 atom stereocenters. The van der Waals surface area contributed by atoms with Gasteiger partial charge in [-0.15, -0.1) is 0 Å². The normalized spacial score (nSPS) is 13.2. The summed E-state index contributed by atoms with van der Waals surface area (Å²) in [6.07, 6.45) is 1.79. The number of aromatic nitrogens is 1. The predicted octanol–water partition coefficient (Wildman–Crippen LogP) is 0.171. The molecule has 0 aliphatic carbocycles. The van der Waals surface area contributed by atoms with E-state index in [1.165, 1.54) is 14.2 Å². The van der Waals surface area contributed by atoms with Crippen molar-refractivity contribution in [2.24, 2.45) is 0 Å². The number of pyridine rings is 1. The number of amides is 2. The first kappa shape index (κ1) is 13.3. The molecule has 0 saturated heterocycles. The molecule has 2 amide bonds. The van der Waals surface area contributed by atoms with E-state index < -0.39 is 0 Å². The third-order valence-corrected chi connectivity index (χ3v) is 3.10. The first-order chi connectivity index (χ1) is 9.17. The number of rotatable bonds is 3. The number of aromatic amines is 1. The molecule has 0 bridgehead atoms. The first-order valence-corrected chi connectivity index (χ1v) is 6.18. The maximum Gasteiger partial charge on any atom is 0.314 e. The lowest BCUT2D eigenvalue weighted by molar-refractivity contribution is 0.242. The quantitative estimate of drug-likeness (QED) is 0.627. The maximum atomic E-state index is 12.4. The van der Waals surface area contributed by atoms with Gasteiger partial charge in [-0.25, -0.2) is 4.79 Å². The molecule has 1 aliphatic rings. The van der Waals surface area contributed by atoms with Gasteiger partial charge in [0, 0.05) is 19.3 Å². The summed E-state index contributed by atoms with van der Waals surface area (Å²) in [4.78, 5) is 26.7. The Kier molecular flexibility index (Phi) is 3.94. The van der Waals surface area contributed by atoms with Gasteiger partial charge in [-0.2, -0.15) is 0 Å². The van der Waals surface area contributed by atoms with Crippen molar-refractivity contribution in [3.63, 3.8) is 0 Å². The molecule has 104 valence electrons. The molecule has 0 saturated carbocycles. The van der Waals surface area contributed by atoms with Gasteiger partial charge in [0.1, 0.15) is 5.69 Å².